The summed E-state index contributed by atoms with van der Waals surface area (Å²) in [7, 11) is 0. The van der Waals surface area contributed by atoms with Gasteiger partial charge in [0.1, 0.15) is 0 Å². The fraction of sp³-hybridized carbons (Fsp3) is 0.143. The van der Waals surface area contributed by atoms with Crippen LogP contribution in [0.5, 0.6) is 0 Å². The van der Waals surface area contributed by atoms with Crippen molar-refractivity contribution in [2.24, 2.45) is 0 Å². The zero-order valence-corrected chi connectivity index (χ0v) is 18.5. The smallest absolute Gasteiger partial charge is 0.186 e. The van der Waals surface area contributed by atoms with Crippen molar-refractivity contribution in [1.29, 1.82) is 0 Å². The third-order valence-corrected chi connectivity index (χ3v) is 6.06. The van der Waals surface area contributed by atoms with E-state index in [0.29, 0.717) is 12.1 Å². The Bertz CT molecular complexity index is 1350. The molecule has 0 aliphatic rings. The Morgan fingerprint density at radius 2 is 1.79 bits per heavy atom. The minimum absolute atomic E-state index is 0.0624. The number of carbonyl (C=O) groups is 1. The molecule has 164 valence electrons. The maximum atomic E-state index is 13.7. The van der Waals surface area contributed by atoms with E-state index in [0.717, 1.165) is 34.0 Å². The SMILES string of the molecule is Cc1ccc(CCN[C@H](C(=O)c2c[nH]c3cc(-c4cn[nH]c4)ccc23)c2ccccc2)cc1. The predicted molar refractivity (Wildman–Crippen MR) is 132 cm³/mol. The molecule has 2 heterocycles. The number of aryl methyl sites for hydroxylation is 1. The highest BCUT2D eigenvalue weighted by molar-refractivity contribution is 6.11. The summed E-state index contributed by atoms with van der Waals surface area (Å²) in [6.45, 7) is 2.80. The third kappa shape index (κ3) is 4.49. The van der Waals surface area contributed by atoms with Crippen LogP contribution in [0.15, 0.2) is 91.4 Å². The molecule has 5 rings (SSSR count). The molecule has 0 saturated carbocycles. The van der Waals surface area contributed by atoms with Crippen LogP contribution >= 0.6 is 0 Å². The highest BCUT2D eigenvalue weighted by Crippen LogP contribution is 2.28. The van der Waals surface area contributed by atoms with Crippen LogP contribution < -0.4 is 5.32 Å². The molecule has 5 heteroatoms. The van der Waals surface area contributed by atoms with Gasteiger partial charge < -0.3 is 10.3 Å². The lowest BCUT2D eigenvalue weighted by Crippen LogP contribution is -2.30. The fourth-order valence-corrected chi connectivity index (χ4v) is 4.20. The fourth-order valence-electron chi connectivity index (χ4n) is 4.20. The van der Waals surface area contributed by atoms with Crippen molar-refractivity contribution in [2.45, 2.75) is 19.4 Å². The van der Waals surface area contributed by atoms with Crippen molar-refractivity contribution in [1.82, 2.24) is 20.5 Å². The van der Waals surface area contributed by atoms with Gasteiger partial charge in [-0.15, -0.1) is 0 Å². The Labute approximate surface area is 192 Å². The van der Waals surface area contributed by atoms with Gasteiger partial charge in [-0.05, 0) is 36.1 Å². The summed E-state index contributed by atoms with van der Waals surface area (Å²) in [6.07, 6.45) is 6.34. The molecule has 0 fully saturated rings. The second kappa shape index (κ2) is 9.27. The Morgan fingerprint density at radius 1 is 0.970 bits per heavy atom. The van der Waals surface area contributed by atoms with Gasteiger partial charge in [-0.3, -0.25) is 9.89 Å². The van der Waals surface area contributed by atoms with Crippen LogP contribution in [0.4, 0.5) is 0 Å². The number of aromatic amines is 2. The molecule has 2 aromatic heterocycles. The number of nitrogens with one attached hydrogen (secondary N) is 3. The van der Waals surface area contributed by atoms with Gasteiger partial charge in [0.2, 0.25) is 0 Å². The van der Waals surface area contributed by atoms with Crippen LogP contribution in [0.3, 0.4) is 0 Å². The van der Waals surface area contributed by atoms with Gasteiger partial charge in [-0.1, -0.05) is 72.3 Å². The van der Waals surface area contributed by atoms with Gasteiger partial charge in [-0.25, -0.2) is 0 Å². The summed E-state index contributed by atoms with van der Waals surface area (Å²) < 4.78 is 0. The van der Waals surface area contributed by atoms with Crippen LogP contribution in [-0.4, -0.2) is 27.5 Å². The Morgan fingerprint density at radius 3 is 2.55 bits per heavy atom. The molecule has 3 N–H and O–H groups in total. The summed E-state index contributed by atoms with van der Waals surface area (Å²) >= 11 is 0. The number of aromatic nitrogens is 3. The van der Waals surface area contributed by atoms with E-state index in [-0.39, 0.29) is 5.78 Å². The van der Waals surface area contributed by atoms with E-state index in [1.807, 2.05) is 54.9 Å². The summed E-state index contributed by atoms with van der Waals surface area (Å²) in [5.74, 6) is 0.0624. The lowest BCUT2D eigenvalue weighted by Gasteiger charge is -2.18. The van der Waals surface area contributed by atoms with Crippen molar-refractivity contribution in [3.05, 3.63) is 114 Å². The number of ketones is 1. The number of hydrogen-bond acceptors (Lipinski definition) is 3. The largest absolute Gasteiger partial charge is 0.360 e. The van der Waals surface area contributed by atoms with Gasteiger partial charge in [0, 0.05) is 41.0 Å². The second-order valence-corrected chi connectivity index (χ2v) is 8.35. The number of fused-ring (bicyclic) bond motifs is 1. The van der Waals surface area contributed by atoms with Crippen LogP contribution in [0.25, 0.3) is 22.0 Å². The van der Waals surface area contributed by atoms with Crippen molar-refractivity contribution >= 4 is 16.7 Å². The van der Waals surface area contributed by atoms with Crippen LogP contribution in [-0.2, 0) is 6.42 Å². The molecule has 5 aromatic rings. The monoisotopic (exact) mass is 434 g/mol. The number of carbonyl (C=O) groups excluding carboxylic acids is 1. The van der Waals surface area contributed by atoms with Gasteiger partial charge in [0.15, 0.2) is 5.78 Å². The molecular weight excluding hydrogens is 408 g/mol. The van der Waals surface area contributed by atoms with E-state index >= 15 is 0 Å². The first-order valence-electron chi connectivity index (χ1n) is 11.2. The molecule has 0 radical (unpaired) electrons. The zero-order chi connectivity index (χ0) is 22.6. The standard InChI is InChI=1S/C28H26N4O/c1-19-7-9-20(10-8-19)13-14-29-27(21-5-3-2-4-6-21)28(33)25-18-30-26-15-22(11-12-24(25)26)23-16-31-32-17-23/h2-12,15-18,27,29-30H,13-14H2,1H3,(H,31,32)/t27-/m0/s1. The topological polar surface area (TPSA) is 73.6 Å². The first kappa shape index (κ1) is 20.9. The molecule has 0 bridgehead atoms. The first-order valence-corrected chi connectivity index (χ1v) is 11.2. The molecule has 0 aliphatic carbocycles. The molecule has 33 heavy (non-hydrogen) atoms. The number of H-pyrrole nitrogens is 2. The van der Waals surface area contributed by atoms with Gasteiger partial charge in [0.05, 0.1) is 12.2 Å². The van der Waals surface area contributed by atoms with Gasteiger partial charge in [-0.2, -0.15) is 5.10 Å². The zero-order valence-electron chi connectivity index (χ0n) is 18.5. The highest BCUT2D eigenvalue weighted by Gasteiger charge is 2.24. The highest BCUT2D eigenvalue weighted by atomic mass is 16.1. The molecule has 0 amide bonds. The average Bonchev–Trinajstić information content (AvgIpc) is 3.53. The Kier molecular flexibility index (Phi) is 5.87. The molecule has 0 aliphatic heterocycles. The summed E-state index contributed by atoms with van der Waals surface area (Å²) in [6, 6.07) is 24.2. The van der Waals surface area contributed by atoms with Crippen molar-refractivity contribution in [2.75, 3.05) is 6.54 Å². The van der Waals surface area contributed by atoms with Crippen molar-refractivity contribution < 1.29 is 4.79 Å². The Balaban J connectivity index is 1.40. The molecule has 3 aromatic carbocycles. The van der Waals surface area contributed by atoms with E-state index in [2.05, 4.69) is 57.8 Å². The number of Topliss-reactive ketones (excluding diaryl/α,β-unsaturated/α-hetero) is 1. The minimum atomic E-state index is -0.413. The Hall–Kier alpha value is -3.96. The maximum absolute atomic E-state index is 13.7. The molecule has 0 spiro atoms. The minimum Gasteiger partial charge on any atom is -0.360 e. The number of nitrogens with zero attached hydrogens (tertiary/aromatic N) is 1. The number of rotatable bonds is 8. The van der Waals surface area contributed by atoms with Crippen LogP contribution in [0.1, 0.15) is 33.1 Å². The molecule has 5 nitrogen and oxygen atoms in total. The quantitative estimate of drug-likeness (QED) is 0.277. The summed E-state index contributed by atoms with van der Waals surface area (Å²) in [5.41, 5.74) is 7.16. The van der Waals surface area contributed by atoms with E-state index in [1.165, 1.54) is 11.1 Å². The molecule has 0 saturated heterocycles. The van der Waals surface area contributed by atoms with Crippen molar-refractivity contribution in [3.63, 3.8) is 0 Å². The first-order chi connectivity index (χ1) is 16.2. The van der Waals surface area contributed by atoms with Gasteiger partial charge >= 0.3 is 0 Å². The average molecular weight is 435 g/mol. The van der Waals surface area contributed by atoms with E-state index in [9.17, 15) is 4.79 Å². The third-order valence-electron chi connectivity index (χ3n) is 6.06. The number of hydrogen-bond donors (Lipinski definition) is 3. The lowest BCUT2D eigenvalue weighted by atomic mass is 9.96. The molecular formula is C28H26N4O. The van der Waals surface area contributed by atoms with Crippen molar-refractivity contribution in [3.8, 4) is 11.1 Å². The van der Waals surface area contributed by atoms with E-state index in [1.54, 1.807) is 6.20 Å². The summed E-state index contributed by atoms with van der Waals surface area (Å²) in [5, 5.41) is 11.3. The number of benzene rings is 3. The summed E-state index contributed by atoms with van der Waals surface area (Å²) in [4.78, 5) is 17.0. The van der Waals surface area contributed by atoms with E-state index < -0.39 is 6.04 Å². The second-order valence-electron chi connectivity index (χ2n) is 8.35. The maximum Gasteiger partial charge on any atom is 0.186 e. The van der Waals surface area contributed by atoms with Crippen LogP contribution in [0, 0.1) is 6.92 Å². The predicted octanol–water partition coefficient (Wildman–Crippen LogP) is 5.62. The van der Waals surface area contributed by atoms with Crippen LogP contribution in [0.2, 0.25) is 0 Å². The molecule has 1 atom stereocenters. The normalized spacial score (nSPS) is 12.2. The van der Waals surface area contributed by atoms with E-state index in [4.69, 9.17) is 0 Å². The lowest BCUT2D eigenvalue weighted by molar-refractivity contribution is 0.0945. The molecule has 0 unspecified atom stereocenters. The van der Waals surface area contributed by atoms with Gasteiger partial charge in [0.25, 0.3) is 0 Å².